The number of carbonyl (C=O) groups is 3. The molecular formula is C39H72N4O6. The first kappa shape index (κ1) is 46.0. The lowest BCUT2D eigenvalue weighted by molar-refractivity contribution is -0.133. The van der Waals surface area contributed by atoms with E-state index in [0.29, 0.717) is 75.3 Å². The Morgan fingerprint density at radius 1 is 0.388 bits per heavy atom. The molecule has 0 unspecified atom stereocenters. The fourth-order valence-electron chi connectivity index (χ4n) is 5.65. The first-order valence-electron chi connectivity index (χ1n) is 19.3. The van der Waals surface area contributed by atoms with E-state index in [4.69, 9.17) is 0 Å². The van der Waals surface area contributed by atoms with Crippen molar-refractivity contribution in [3.8, 4) is 0 Å². The van der Waals surface area contributed by atoms with Crippen molar-refractivity contribution in [3.05, 3.63) is 35.3 Å². The van der Waals surface area contributed by atoms with Crippen LogP contribution in [0.25, 0.3) is 0 Å². The van der Waals surface area contributed by atoms with E-state index in [2.05, 4.69) is 40.4 Å². The number of unbranched alkanes of at least 4 members (excludes halogenated alkanes) is 9. The molecule has 0 aromatic rings. The molecular weight excluding hydrogens is 620 g/mol. The van der Waals surface area contributed by atoms with Gasteiger partial charge in [-0.15, -0.1) is 0 Å². The van der Waals surface area contributed by atoms with E-state index in [1.54, 1.807) is 0 Å². The molecule has 0 heterocycles. The van der Waals surface area contributed by atoms with Crippen LogP contribution in [0.2, 0.25) is 0 Å². The Balaban J connectivity index is 6.27. The Labute approximate surface area is 298 Å². The van der Waals surface area contributed by atoms with Crippen molar-refractivity contribution < 1.29 is 29.7 Å². The summed E-state index contributed by atoms with van der Waals surface area (Å²) >= 11 is 0. The number of carboxylic acids is 3. The minimum atomic E-state index is -0.885. The predicted molar refractivity (Wildman–Crippen MR) is 202 cm³/mol. The van der Waals surface area contributed by atoms with Gasteiger partial charge in [0, 0.05) is 77.5 Å². The smallest absolute Gasteiger partial charge is 0.333 e. The zero-order valence-electron chi connectivity index (χ0n) is 32.1. The molecule has 0 rings (SSSR count). The monoisotopic (exact) mass is 693 g/mol. The lowest BCUT2D eigenvalue weighted by Gasteiger charge is -2.32. The Morgan fingerprint density at radius 3 is 0.857 bits per heavy atom. The lowest BCUT2D eigenvalue weighted by atomic mass is 10.2. The maximum Gasteiger partial charge on any atom is 0.333 e. The number of rotatable bonds is 33. The van der Waals surface area contributed by atoms with Crippen LogP contribution in [-0.4, -0.2) is 112 Å². The Hall–Kier alpha value is -3.01. The minimum absolute atomic E-state index is 0.398. The first-order valence-corrected chi connectivity index (χ1v) is 19.3. The fourth-order valence-corrected chi connectivity index (χ4v) is 5.65. The molecule has 0 aliphatic rings. The van der Waals surface area contributed by atoms with Gasteiger partial charge in [0.1, 0.15) is 0 Å². The maximum atomic E-state index is 11.9. The molecule has 0 saturated heterocycles. The van der Waals surface area contributed by atoms with Crippen molar-refractivity contribution in [2.45, 2.75) is 138 Å². The van der Waals surface area contributed by atoms with E-state index in [1.165, 1.54) is 0 Å². The number of aliphatic carboxylic acids is 3. The molecule has 3 N–H and O–H groups in total. The standard InChI is InChI=1S/C39H72N4O6/c1-7-13-16-19-22-41(31-34(10-4)37(44)45)28-25-40(26-29-42(23-20-17-14-8-2)32-35(11-5)38(46)47)27-30-43(24-21-18-15-9-3)33-36(12-6)39(48)49/h31-33H,7-30H2,1-6H3,(H,44,45)(H,46,47)(H,48,49). The van der Waals surface area contributed by atoms with Gasteiger partial charge in [-0.2, -0.15) is 0 Å². The average molecular weight is 693 g/mol. The van der Waals surface area contributed by atoms with E-state index >= 15 is 0 Å². The maximum absolute atomic E-state index is 11.9. The van der Waals surface area contributed by atoms with E-state index in [-0.39, 0.29) is 0 Å². The largest absolute Gasteiger partial charge is 0.478 e. The molecule has 0 bridgehead atoms. The third-order valence-corrected chi connectivity index (χ3v) is 8.99. The van der Waals surface area contributed by atoms with Crippen LogP contribution in [0.15, 0.2) is 35.3 Å². The molecule has 0 amide bonds. The lowest BCUT2D eigenvalue weighted by Crippen LogP contribution is -2.42. The van der Waals surface area contributed by atoms with Gasteiger partial charge in [-0.1, -0.05) is 99.3 Å². The molecule has 0 radical (unpaired) electrons. The van der Waals surface area contributed by atoms with Gasteiger partial charge in [-0.25, -0.2) is 14.4 Å². The molecule has 0 aliphatic carbocycles. The fraction of sp³-hybridized carbons (Fsp3) is 0.769. The molecule has 0 aromatic heterocycles. The van der Waals surface area contributed by atoms with Gasteiger partial charge in [-0.3, -0.25) is 4.90 Å². The van der Waals surface area contributed by atoms with E-state index in [9.17, 15) is 29.7 Å². The summed E-state index contributed by atoms with van der Waals surface area (Å²) < 4.78 is 0. The summed E-state index contributed by atoms with van der Waals surface area (Å²) in [6.45, 7) is 18.7. The summed E-state index contributed by atoms with van der Waals surface area (Å²) in [5, 5.41) is 29.3. The van der Waals surface area contributed by atoms with Gasteiger partial charge < -0.3 is 30.0 Å². The second kappa shape index (κ2) is 29.9. The van der Waals surface area contributed by atoms with Crippen molar-refractivity contribution >= 4 is 17.9 Å². The summed E-state index contributed by atoms with van der Waals surface area (Å²) in [4.78, 5) is 44.5. The number of carboxylic acid groups (broad SMARTS) is 3. The topological polar surface area (TPSA) is 125 Å². The Morgan fingerprint density at radius 2 is 0.653 bits per heavy atom. The zero-order chi connectivity index (χ0) is 36.9. The van der Waals surface area contributed by atoms with Crippen LogP contribution in [0.3, 0.4) is 0 Å². The van der Waals surface area contributed by atoms with Crippen LogP contribution < -0.4 is 0 Å². The van der Waals surface area contributed by atoms with Gasteiger partial charge in [0.15, 0.2) is 0 Å². The summed E-state index contributed by atoms with van der Waals surface area (Å²) in [6, 6.07) is 0. The molecule has 0 fully saturated rings. The van der Waals surface area contributed by atoms with Crippen molar-refractivity contribution in [1.82, 2.24) is 19.6 Å². The first-order chi connectivity index (χ1) is 23.6. The van der Waals surface area contributed by atoms with Gasteiger partial charge in [-0.05, 0) is 38.5 Å². The van der Waals surface area contributed by atoms with Crippen LogP contribution in [0.5, 0.6) is 0 Å². The zero-order valence-corrected chi connectivity index (χ0v) is 32.1. The minimum Gasteiger partial charge on any atom is -0.478 e. The van der Waals surface area contributed by atoms with Crippen molar-refractivity contribution in [1.29, 1.82) is 0 Å². The van der Waals surface area contributed by atoms with E-state index in [1.807, 2.05) is 39.4 Å². The Kier molecular flexibility index (Phi) is 28.0. The van der Waals surface area contributed by atoms with Gasteiger partial charge in [0.25, 0.3) is 0 Å². The number of hydrogen-bond donors (Lipinski definition) is 3. The molecule has 49 heavy (non-hydrogen) atoms. The average Bonchev–Trinajstić information content (AvgIpc) is 3.07. The van der Waals surface area contributed by atoms with Crippen molar-refractivity contribution in [3.63, 3.8) is 0 Å². The summed E-state index contributed by atoms with van der Waals surface area (Å²) in [6.07, 6.45) is 20.0. The molecule has 284 valence electrons. The molecule has 0 atom stereocenters. The highest BCUT2D eigenvalue weighted by Gasteiger charge is 2.16. The third-order valence-electron chi connectivity index (χ3n) is 8.99. The van der Waals surface area contributed by atoms with Crippen LogP contribution >= 0.6 is 0 Å². The molecule has 0 aromatic carbocycles. The highest BCUT2D eigenvalue weighted by Crippen LogP contribution is 2.12. The van der Waals surface area contributed by atoms with Gasteiger partial charge >= 0.3 is 17.9 Å². The molecule has 0 spiro atoms. The number of nitrogens with zero attached hydrogens (tertiary/aromatic N) is 4. The normalized spacial score (nSPS) is 12.4. The van der Waals surface area contributed by atoms with E-state index < -0.39 is 17.9 Å². The van der Waals surface area contributed by atoms with Crippen LogP contribution in [0, 0.1) is 0 Å². The summed E-state index contributed by atoms with van der Waals surface area (Å²) in [5.74, 6) is -2.65. The second-order valence-corrected chi connectivity index (χ2v) is 13.1. The third kappa shape index (κ3) is 23.1. The number of hydrogen-bond acceptors (Lipinski definition) is 7. The summed E-state index contributed by atoms with van der Waals surface area (Å²) in [5.41, 5.74) is 1.20. The van der Waals surface area contributed by atoms with Crippen LogP contribution in [0.1, 0.15) is 138 Å². The SMILES string of the molecule is CCCCCCN(C=C(CC)C(=O)O)CCN(CCN(C=C(CC)C(=O)O)CCCCCC)CCN(C=C(CC)C(=O)O)CCCCCC. The van der Waals surface area contributed by atoms with E-state index in [0.717, 1.165) is 96.7 Å². The molecule has 10 nitrogen and oxygen atoms in total. The quantitative estimate of drug-likeness (QED) is 0.0459. The van der Waals surface area contributed by atoms with Gasteiger partial charge in [0.2, 0.25) is 0 Å². The predicted octanol–water partition coefficient (Wildman–Crippen LogP) is 8.07. The van der Waals surface area contributed by atoms with Gasteiger partial charge in [0.05, 0.1) is 16.7 Å². The molecule has 0 aliphatic heterocycles. The highest BCUT2D eigenvalue weighted by atomic mass is 16.4. The summed E-state index contributed by atoms with van der Waals surface area (Å²) in [7, 11) is 0. The molecule has 0 saturated carbocycles. The highest BCUT2D eigenvalue weighted by molar-refractivity contribution is 5.87. The van der Waals surface area contributed by atoms with Crippen molar-refractivity contribution in [2.24, 2.45) is 0 Å². The second-order valence-electron chi connectivity index (χ2n) is 13.1. The van der Waals surface area contributed by atoms with Crippen molar-refractivity contribution in [2.75, 3.05) is 58.9 Å². The Bertz CT molecular complexity index is 872. The van der Waals surface area contributed by atoms with Crippen LogP contribution in [0.4, 0.5) is 0 Å². The molecule has 10 heteroatoms. The van der Waals surface area contributed by atoms with Crippen LogP contribution in [-0.2, 0) is 14.4 Å².